The van der Waals surface area contributed by atoms with Crippen LogP contribution in [0.5, 0.6) is 0 Å². The minimum Gasteiger partial charge on any atom is -0.310 e. The van der Waals surface area contributed by atoms with E-state index >= 15 is 0 Å². The second kappa shape index (κ2) is 15.7. The van der Waals surface area contributed by atoms with Gasteiger partial charge in [-0.3, -0.25) is 0 Å². The Hall–Kier alpha value is -6.12. The monoisotopic (exact) mass is 751 g/mol. The van der Waals surface area contributed by atoms with Crippen molar-refractivity contribution in [2.75, 3.05) is 4.90 Å². The highest BCUT2D eigenvalue weighted by molar-refractivity contribution is 6.97. The molecule has 0 radical (unpaired) electrons. The van der Waals surface area contributed by atoms with Crippen molar-refractivity contribution < 1.29 is 0 Å². The van der Waals surface area contributed by atoms with E-state index in [2.05, 4.69) is 220 Å². The van der Waals surface area contributed by atoms with Gasteiger partial charge in [-0.2, -0.15) is 0 Å². The van der Waals surface area contributed by atoms with Crippen LogP contribution < -0.4 is 21.3 Å². The first-order valence-electron chi connectivity index (χ1n) is 20.7. The molecular formula is C56H54BN. The Bertz CT molecular complexity index is 2670. The predicted molar refractivity (Wildman–Crippen MR) is 254 cm³/mol. The van der Waals surface area contributed by atoms with Crippen LogP contribution in [0.15, 0.2) is 146 Å². The summed E-state index contributed by atoms with van der Waals surface area (Å²) < 4.78 is 0. The predicted octanol–water partition coefficient (Wildman–Crippen LogP) is 13.2. The highest BCUT2D eigenvalue weighted by Crippen LogP contribution is 2.40. The normalized spacial score (nSPS) is 11.3. The van der Waals surface area contributed by atoms with Crippen LogP contribution in [0.2, 0.25) is 0 Å². The Morgan fingerprint density at radius 2 is 0.793 bits per heavy atom. The molecule has 8 aromatic carbocycles. The molecule has 58 heavy (non-hydrogen) atoms. The fourth-order valence-electron chi connectivity index (χ4n) is 9.97. The number of nitrogens with zero attached hydrogens (tertiary/aromatic N) is 1. The van der Waals surface area contributed by atoms with Crippen molar-refractivity contribution in [2.24, 2.45) is 0 Å². The lowest BCUT2D eigenvalue weighted by atomic mass is 9.32. The van der Waals surface area contributed by atoms with Crippen molar-refractivity contribution >= 4 is 50.9 Å². The number of hydrogen-bond acceptors (Lipinski definition) is 1. The maximum absolute atomic E-state index is 2.37. The van der Waals surface area contributed by atoms with Gasteiger partial charge in [-0.15, -0.1) is 0 Å². The summed E-state index contributed by atoms with van der Waals surface area (Å²) >= 11 is 0. The lowest BCUT2D eigenvalue weighted by molar-refractivity contribution is 1.26. The van der Waals surface area contributed by atoms with E-state index in [-0.39, 0.29) is 6.71 Å². The van der Waals surface area contributed by atoms with Crippen LogP contribution in [0.25, 0.3) is 33.0 Å². The quantitative estimate of drug-likeness (QED) is 0.140. The lowest BCUT2D eigenvalue weighted by Gasteiger charge is -2.30. The first kappa shape index (κ1) is 38.7. The lowest BCUT2D eigenvalue weighted by Crippen LogP contribution is -2.57. The molecule has 0 unspecified atom stereocenters. The van der Waals surface area contributed by atoms with Crippen molar-refractivity contribution in [3.63, 3.8) is 0 Å². The van der Waals surface area contributed by atoms with E-state index in [1.54, 1.807) is 0 Å². The molecule has 0 aromatic heterocycles. The molecule has 0 atom stereocenters. The summed E-state index contributed by atoms with van der Waals surface area (Å²) in [5.41, 5.74) is 26.4. The first-order valence-corrected chi connectivity index (χ1v) is 20.7. The summed E-state index contributed by atoms with van der Waals surface area (Å²) in [6.45, 7) is 23.2. The van der Waals surface area contributed by atoms with Gasteiger partial charge in [-0.05, 0) is 138 Å². The Morgan fingerprint density at radius 3 is 1.33 bits per heavy atom. The number of rotatable bonds is 8. The van der Waals surface area contributed by atoms with Gasteiger partial charge in [0.2, 0.25) is 6.71 Å². The van der Waals surface area contributed by atoms with Crippen molar-refractivity contribution in [1.29, 1.82) is 0 Å². The van der Waals surface area contributed by atoms with E-state index in [9.17, 15) is 0 Å². The Morgan fingerprint density at radius 1 is 0.362 bits per heavy atom. The highest BCUT2D eigenvalue weighted by Gasteiger charge is 2.33. The van der Waals surface area contributed by atoms with Crippen LogP contribution in [0.3, 0.4) is 0 Å². The van der Waals surface area contributed by atoms with Crippen LogP contribution in [-0.4, -0.2) is 6.71 Å². The zero-order valence-corrected chi connectivity index (χ0v) is 35.9. The van der Waals surface area contributed by atoms with Crippen molar-refractivity contribution in [3.8, 4) is 22.3 Å². The van der Waals surface area contributed by atoms with Gasteiger partial charge in [0, 0.05) is 16.8 Å². The first-order chi connectivity index (χ1) is 27.9. The number of aryl methyl sites for hydroxylation is 6. The Labute approximate surface area is 347 Å². The van der Waals surface area contributed by atoms with E-state index < -0.39 is 0 Å². The van der Waals surface area contributed by atoms with Gasteiger partial charge in [0.05, 0.1) is 5.69 Å². The van der Waals surface area contributed by atoms with Crippen LogP contribution in [0.1, 0.15) is 55.6 Å². The Balaban J connectivity index is 1.18. The summed E-state index contributed by atoms with van der Waals surface area (Å²) in [6, 6.07) is 53.6. The third kappa shape index (κ3) is 6.96. The topological polar surface area (TPSA) is 3.24 Å². The van der Waals surface area contributed by atoms with E-state index in [1.807, 2.05) is 0 Å². The highest BCUT2D eigenvalue weighted by atomic mass is 15.1. The molecule has 0 heterocycles. The zero-order chi connectivity index (χ0) is 40.8. The third-order valence-corrected chi connectivity index (χ3v) is 12.7. The average Bonchev–Trinajstić information content (AvgIpc) is 3.20. The van der Waals surface area contributed by atoms with Gasteiger partial charge in [0.15, 0.2) is 0 Å². The smallest absolute Gasteiger partial charge is 0.243 e. The second-order valence-corrected chi connectivity index (χ2v) is 16.6. The van der Waals surface area contributed by atoms with Gasteiger partial charge >= 0.3 is 0 Å². The van der Waals surface area contributed by atoms with Gasteiger partial charge in [0.1, 0.15) is 0 Å². The maximum Gasteiger partial charge on any atom is 0.243 e. The van der Waals surface area contributed by atoms with E-state index in [0.29, 0.717) is 0 Å². The van der Waals surface area contributed by atoms with Gasteiger partial charge < -0.3 is 4.90 Å². The summed E-state index contributed by atoms with van der Waals surface area (Å²) in [5, 5.41) is 2.46. The molecule has 0 N–H and O–H groups in total. The van der Waals surface area contributed by atoms with E-state index in [4.69, 9.17) is 0 Å². The molecule has 0 amide bonds. The molecule has 0 aliphatic heterocycles. The van der Waals surface area contributed by atoms with Crippen molar-refractivity contribution in [3.05, 3.63) is 201 Å². The molecule has 1 nitrogen and oxygen atoms in total. The molecule has 0 spiro atoms. The Kier molecular flexibility index (Phi) is 10.5. The summed E-state index contributed by atoms with van der Waals surface area (Å²) in [4.78, 5) is 2.36. The maximum atomic E-state index is 2.37. The fraction of sp³-hybridized carbons (Fsp3) is 0.179. The average molecular weight is 752 g/mol. The van der Waals surface area contributed by atoms with Crippen LogP contribution in [-0.2, 0) is 0 Å². The number of fused-ring (bicyclic) bond motifs is 1. The molecule has 0 fully saturated rings. The van der Waals surface area contributed by atoms with Crippen LogP contribution in [0.4, 0.5) is 17.1 Å². The van der Waals surface area contributed by atoms with E-state index in [0.717, 1.165) is 11.4 Å². The van der Waals surface area contributed by atoms with Gasteiger partial charge in [-0.25, -0.2) is 0 Å². The second-order valence-electron chi connectivity index (χ2n) is 16.6. The van der Waals surface area contributed by atoms with Gasteiger partial charge in [0.25, 0.3) is 0 Å². The number of benzene rings is 8. The molecule has 0 aliphatic rings. The summed E-state index contributed by atoms with van der Waals surface area (Å²) in [5.74, 6) is 0. The standard InChI is InChI=1S/C56H54BN/c1-35-31-37(3)54(38(4)32-35)57(55-39(5)33-36(2)34-40(55)6)56-43(9)41(7)53(42(8)44(56)10)48-25-23-45(24-26-48)46-27-29-50(30-28-46)58(49-19-12-11-13-20-49)52-22-16-18-47-17-14-15-21-51(47)52/h11-34H,1-10H3. The summed E-state index contributed by atoms with van der Waals surface area (Å²) in [7, 11) is 0. The largest absolute Gasteiger partial charge is 0.310 e. The minimum absolute atomic E-state index is 0.149. The van der Waals surface area contributed by atoms with Gasteiger partial charge in [-0.1, -0.05) is 176 Å². The van der Waals surface area contributed by atoms with Crippen molar-refractivity contribution in [1.82, 2.24) is 0 Å². The van der Waals surface area contributed by atoms with Crippen molar-refractivity contribution in [2.45, 2.75) is 69.2 Å². The third-order valence-electron chi connectivity index (χ3n) is 12.7. The van der Waals surface area contributed by atoms with Crippen LogP contribution in [0, 0.1) is 69.2 Å². The SMILES string of the molecule is Cc1cc(C)c(B(c2c(C)cc(C)cc2C)c2c(C)c(C)c(-c3ccc(-c4ccc(N(c5ccccc5)c5cccc6ccccc56)cc4)cc3)c(C)c2C)c(C)c1. The molecule has 286 valence electrons. The van der Waals surface area contributed by atoms with E-state index in [1.165, 1.54) is 111 Å². The molecule has 0 bridgehead atoms. The molecule has 2 heteroatoms. The fourth-order valence-corrected chi connectivity index (χ4v) is 9.97. The number of para-hydroxylation sites is 1. The molecular weight excluding hydrogens is 697 g/mol. The minimum atomic E-state index is 0.149. The zero-order valence-electron chi connectivity index (χ0n) is 35.9. The number of hydrogen-bond donors (Lipinski definition) is 0. The molecule has 8 rings (SSSR count). The molecule has 8 aromatic rings. The number of anilines is 3. The van der Waals surface area contributed by atoms with Crippen LogP contribution >= 0.6 is 0 Å². The molecule has 0 saturated heterocycles. The molecule has 0 aliphatic carbocycles. The summed E-state index contributed by atoms with van der Waals surface area (Å²) in [6.07, 6.45) is 0. The molecule has 0 saturated carbocycles.